The number of halogens is 2. The summed E-state index contributed by atoms with van der Waals surface area (Å²) >= 11 is 9.15. The van der Waals surface area contributed by atoms with Gasteiger partial charge in [-0.15, -0.1) is 0 Å². The number of carbonyl (C=O) groups is 1. The molecule has 0 aliphatic heterocycles. The lowest BCUT2D eigenvalue weighted by atomic mass is 10.2. The maximum Gasteiger partial charge on any atom is 0.288 e. The van der Waals surface area contributed by atoms with Crippen LogP contribution in [0.15, 0.2) is 69.6 Å². The molecule has 0 aliphatic carbocycles. The molecule has 1 amide bonds. The molecule has 0 aliphatic rings. The maximum absolute atomic E-state index is 12.0. The number of rotatable bonds is 6. The standard InChI is InChI=1S/C20H14BrClN2O4/c21-15-5-3-14(4-6-15)19-9-7-16(28-19)12-23-20(25)10-2-13-1-8-17(22)18(11-13)24(26)27/h1-11H,12H2,(H,23,25)/b10-2+. The molecule has 0 unspecified atom stereocenters. The maximum atomic E-state index is 12.0. The van der Waals surface area contributed by atoms with Crippen LogP contribution in [0.5, 0.6) is 0 Å². The van der Waals surface area contributed by atoms with E-state index < -0.39 is 4.92 Å². The van der Waals surface area contributed by atoms with Crippen molar-refractivity contribution in [1.82, 2.24) is 5.32 Å². The molecule has 0 spiro atoms. The van der Waals surface area contributed by atoms with Crippen LogP contribution in [0.3, 0.4) is 0 Å². The van der Waals surface area contributed by atoms with E-state index in [1.807, 2.05) is 30.3 Å². The third-order valence-electron chi connectivity index (χ3n) is 3.82. The van der Waals surface area contributed by atoms with Crippen molar-refractivity contribution in [3.8, 4) is 11.3 Å². The van der Waals surface area contributed by atoms with Gasteiger partial charge in [0.25, 0.3) is 5.69 Å². The van der Waals surface area contributed by atoms with Crippen molar-refractivity contribution in [2.75, 3.05) is 0 Å². The van der Waals surface area contributed by atoms with Gasteiger partial charge in [-0.3, -0.25) is 14.9 Å². The minimum atomic E-state index is -0.570. The smallest absolute Gasteiger partial charge is 0.288 e. The van der Waals surface area contributed by atoms with Gasteiger partial charge in [-0.05, 0) is 42.0 Å². The summed E-state index contributed by atoms with van der Waals surface area (Å²) in [4.78, 5) is 22.3. The Hall–Kier alpha value is -2.90. The van der Waals surface area contributed by atoms with Gasteiger partial charge in [-0.2, -0.15) is 0 Å². The molecule has 6 nitrogen and oxygen atoms in total. The third kappa shape index (κ3) is 5.09. The van der Waals surface area contributed by atoms with E-state index in [-0.39, 0.29) is 23.2 Å². The highest BCUT2D eigenvalue weighted by atomic mass is 79.9. The van der Waals surface area contributed by atoms with E-state index in [1.54, 1.807) is 12.1 Å². The van der Waals surface area contributed by atoms with Crippen molar-refractivity contribution in [2.24, 2.45) is 0 Å². The number of furan rings is 1. The molecule has 8 heteroatoms. The van der Waals surface area contributed by atoms with Gasteiger partial charge in [0, 0.05) is 22.2 Å². The lowest BCUT2D eigenvalue weighted by Gasteiger charge is -2.01. The topological polar surface area (TPSA) is 85.4 Å². The van der Waals surface area contributed by atoms with E-state index in [1.165, 1.54) is 24.3 Å². The summed E-state index contributed by atoms with van der Waals surface area (Å²) in [6.07, 6.45) is 2.78. The molecular weight excluding hydrogens is 448 g/mol. The Balaban J connectivity index is 1.59. The number of carbonyl (C=O) groups excluding carboxylic acids is 1. The Morgan fingerprint density at radius 2 is 1.93 bits per heavy atom. The minimum absolute atomic E-state index is 0.0472. The van der Waals surface area contributed by atoms with E-state index in [9.17, 15) is 14.9 Å². The summed E-state index contributed by atoms with van der Waals surface area (Å²) < 4.78 is 6.71. The first-order chi connectivity index (χ1) is 13.4. The van der Waals surface area contributed by atoms with Crippen LogP contribution in [-0.2, 0) is 11.3 Å². The number of nitrogens with one attached hydrogen (secondary N) is 1. The molecule has 1 N–H and O–H groups in total. The number of nitro benzene ring substituents is 1. The molecule has 0 bridgehead atoms. The minimum Gasteiger partial charge on any atom is -0.459 e. The van der Waals surface area contributed by atoms with Gasteiger partial charge in [-0.1, -0.05) is 45.7 Å². The normalized spacial score (nSPS) is 10.9. The second-order valence-electron chi connectivity index (χ2n) is 5.79. The average Bonchev–Trinajstić information content (AvgIpc) is 3.15. The first-order valence-electron chi connectivity index (χ1n) is 8.17. The molecule has 0 saturated heterocycles. The molecule has 0 atom stereocenters. The van der Waals surface area contributed by atoms with Gasteiger partial charge in [0.2, 0.25) is 5.91 Å². The average molecular weight is 462 g/mol. The fourth-order valence-corrected chi connectivity index (χ4v) is 2.87. The summed E-state index contributed by atoms with van der Waals surface area (Å²) in [5.41, 5.74) is 1.23. The fraction of sp³-hybridized carbons (Fsp3) is 0.0500. The largest absolute Gasteiger partial charge is 0.459 e. The Labute approximate surface area is 174 Å². The number of hydrogen-bond acceptors (Lipinski definition) is 4. The lowest BCUT2D eigenvalue weighted by molar-refractivity contribution is -0.384. The second kappa shape index (κ2) is 8.86. The molecule has 1 heterocycles. The van der Waals surface area contributed by atoms with Gasteiger partial charge in [0.1, 0.15) is 16.5 Å². The predicted molar refractivity (Wildman–Crippen MR) is 111 cm³/mol. The van der Waals surface area contributed by atoms with Crippen molar-refractivity contribution in [3.05, 3.63) is 91.6 Å². The molecule has 28 heavy (non-hydrogen) atoms. The van der Waals surface area contributed by atoms with Crippen LogP contribution in [0.25, 0.3) is 17.4 Å². The zero-order valence-corrected chi connectivity index (χ0v) is 16.7. The van der Waals surface area contributed by atoms with Crippen LogP contribution >= 0.6 is 27.5 Å². The highest BCUT2D eigenvalue weighted by Crippen LogP contribution is 2.26. The Morgan fingerprint density at radius 1 is 1.18 bits per heavy atom. The molecule has 0 fully saturated rings. The number of benzene rings is 2. The van der Waals surface area contributed by atoms with Crippen LogP contribution in [0.2, 0.25) is 5.02 Å². The van der Waals surface area contributed by atoms with Gasteiger partial charge < -0.3 is 9.73 Å². The third-order valence-corrected chi connectivity index (χ3v) is 4.67. The first-order valence-corrected chi connectivity index (χ1v) is 9.34. The van der Waals surface area contributed by atoms with Crippen LogP contribution < -0.4 is 5.32 Å². The first kappa shape index (κ1) is 19.9. The number of nitrogens with zero attached hydrogens (tertiary/aromatic N) is 1. The van der Waals surface area contributed by atoms with Crippen molar-refractivity contribution in [1.29, 1.82) is 0 Å². The molecule has 3 aromatic rings. The quantitative estimate of drug-likeness (QED) is 0.294. The van der Waals surface area contributed by atoms with Crippen LogP contribution in [0, 0.1) is 10.1 Å². The molecule has 1 aromatic heterocycles. The summed E-state index contributed by atoms with van der Waals surface area (Å²) in [5.74, 6) is 0.974. The molecule has 2 aromatic carbocycles. The van der Waals surface area contributed by atoms with E-state index in [0.717, 1.165) is 10.0 Å². The summed E-state index contributed by atoms with van der Waals surface area (Å²) in [6, 6.07) is 15.7. The van der Waals surface area contributed by atoms with Crippen molar-refractivity contribution >= 4 is 45.2 Å². The van der Waals surface area contributed by atoms with Crippen LogP contribution in [0.1, 0.15) is 11.3 Å². The molecular formula is C20H14BrClN2O4. The molecule has 142 valence electrons. The highest BCUT2D eigenvalue weighted by Gasteiger charge is 2.12. The van der Waals surface area contributed by atoms with Crippen molar-refractivity contribution in [3.63, 3.8) is 0 Å². The monoisotopic (exact) mass is 460 g/mol. The van der Waals surface area contributed by atoms with Crippen molar-refractivity contribution in [2.45, 2.75) is 6.54 Å². The number of hydrogen-bond donors (Lipinski definition) is 1. The second-order valence-corrected chi connectivity index (χ2v) is 7.11. The lowest BCUT2D eigenvalue weighted by Crippen LogP contribution is -2.19. The van der Waals surface area contributed by atoms with E-state index in [2.05, 4.69) is 21.2 Å². The Morgan fingerprint density at radius 3 is 2.64 bits per heavy atom. The van der Waals surface area contributed by atoms with E-state index >= 15 is 0 Å². The molecule has 3 rings (SSSR count). The summed E-state index contributed by atoms with van der Waals surface area (Å²) in [6.45, 7) is 0.223. The SMILES string of the molecule is O=C(/C=C/c1ccc(Cl)c([N+](=O)[O-])c1)NCc1ccc(-c2ccc(Br)cc2)o1. The summed E-state index contributed by atoms with van der Waals surface area (Å²) in [5, 5.41) is 13.6. The van der Waals surface area contributed by atoms with E-state index in [0.29, 0.717) is 17.1 Å². The van der Waals surface area contributed by atoms with Gasteiger partial charge >= 0.3 is 0 Å². The van der Waals surface area contributed by atoms with Crippen LogP contribution in [-0.4, -0.2) is 10.8 Å². The number of amides is 1. The molecule has 0 saturated carbocycles. The van der Waals surface area contributed by atoms with Gasteiger partial charge in [0.05, 0.1) is 11.5 Å². The zero-order valence-electron chi connectivity index (χ0n) is 14.4. The van der Waals surface area contributed by atoms with Crippen molar-refractivity contribution < 1.29 is 14.1 Å². The Bertz CT molecular complexity index is 1040. The predicted octanol–water partition coefficient (Wildman–Crippen LogP) is 5.60. The highest BCUT2D eigenvalue weighted by molar-refractivity contribution is 9.10. The van der Waals surface area contributed by atoms with Crippen LogP contribution in [0.4, 0.5) is 5.69 Å². The zero-order chi connectivity index (χ0) is 20.1. The molecule has 0 radical (unpaired) electrons. The fourth-order valence-electron chi connectivity index (χ4n) is 2.42. The Kier molecular flexibility index (Phi) is 6.28. The summed E-state index contributed by atoms with van der Waals surface area (Å²) in [7, 11) is 0. The van der Waals surface area contributed by atoms with Gasteiger partial charge in [-0.25, -0.2) is 0 Å². The van der Waals surface area contributed by atoms with E-state index in [4.69, 9.17) is 16.0 Å². The number of nitro groups is 1. The van der Waals surface area contributed by atoms with Gasteiger partial charge in [0.15, 0.2) is 0 Å².